The molecule has 1 fully saturated rings. The zero-order valence-corrected chi connectivity index (χ0v) is 20.0. The second-order valence-corrected chi connectivity index (χ2v) is 6.95. The van der Waals surface area contributed by atoms with E-state index >= 15 is 0 Å². The topological polar surface area (TPSA) is 60.0 Å². The van der Waals surface area contributed by atoms with Crippen molar-refractivity contribution >= 4 is 41.5 Å². The van der Waals surface area contributed by atoms with Gasteiger partial charge in [-0.25, -0.2) is 0 Å². The van der Waals surface area contributed by atoms with E-state index in [-0.39, 0.29) is 35.9 Å². The van der Waals surface area contributed by atoms with Crippen molar-refractivity contribution in [1.82, 2.24) is 15.5 Å². The van der Waals surface area contributed by atoms with Crippen LogP contribution in [0.4, 0.5) is 5.69 Å². The van der Waals surface area contributed by atoms with Crippen molar-refractivity contribution in [1.29, 1.82) is 0 Å². The summed E-state index contributed by atoms with van der Waals surface area (Å²) in [7, 11) is 0. The fourth-order valence-electron chi connectivity index (χ4n) is 3.49. The Hall–Kier alpha value is -1.51. The third kappa shape index (κ3) is 7.14. The first-order valence-electron chi connectivity index (χ1n) is 10.2. The van der Waals surface area contributed by atoms with Crippen LogP contribution in [0.1, 0.15) is 39.2 Å². The Morgan fingerprint density at radius 1 is 1.29 bits per heavy atom. The van der Waals surface area contributed by atoms with E-state index in [0.29, 0.717) is 6.42 Å². The van der Waals surface area contributed by atoms with Gasteiger partial charge in [0, 0.05) is 50.9 Å². The number of carbonyl (C=O) groups is 1. The van der Waals surface area contributed by atoms with Crippen LogP contribution in [0.15, 0.2) is 29.3 Å². The number of para-hydroxylation sites is 1. The Labute approximate surface area is 187 Å². The molecule has 6 nitrogen and oxygen atoms in total. The smallest absolute Gasteiger partial charge is 0.222 e. The van der Waals surface area contributed by atoms with Crippen molar-refractivity contribution in [2.75, 3.05) is 44.2 Å². The van der Waals surface area contributed by atoms with Crippen molar-refractivity contribution in [3.05, 3.63) is 29.8 Å². The molecule has 1 atom stereocenters. The number of nitrogens with zero attached hydrogens (tertiary/aromatic N) is 3. The Morgan fingerprint density at radius 2 is 2.04 bits per heavy atom. The normalized spacial score (nSPS) is 16.5. The third-order valence-electron chi connectivity index (χ3n) is 5.01. The van der Waals surface area contributed by atoms with Crippen LogP contribution >= 0.6 is 24.0 Å². The zero-order chi connectivity index (χ0) is 19.6. The number of benzene rings is 1. The maximum atomic E-state index is 11.9. The fraction of sp³-hybridized carbons (Fsp3) is 0.619. The maximum absolute atomic E-state index is 11.9. The zero-order valence-electron chi connectivity index (χ0n) is 17.7. The summed E-state index contributed by atoms with van der Waals surface area (Å²) >= 11 is 0. The van der Waals surface area contributed by atoms with Crippen LogP contribution in [0.2, 0.25) is 0 Å². The Kier molecular flexibility index (Phi) is 11.3. The standard InChI is InChI=1S/C21H35N5O.HI/c1-5-20(27)26-14-12-18(16-26)24-21(22-6-2)23-13-15-25(7-3)19-11-9-8-10-17(19)4;/h8-11,18H,5-7,12-16H2,1-4H3,(H2,22,23,24);1H. The summed E-state index contributed by atoms with van der Waals surface area (Å²) in [4.78, 5) is 20.9. The molecular formula is C21H36IN5O. The SMILES string of the molecule is CCNC(=NCCN(CC)c1ccccc1C)NC1CCN(C(=O)CC)C1.I. The van der Waals surface area contributed by atoms with Gasteiger partial charge >= 0.3 is 0 Å². The highest BCUT2D eigenvalue weighted by atomic mass is 127. The Balaban J connectivity index is 0.00000392. The summed E-state index contributed by atoms with van der Waals surface area (Å²) < 4.78 is 0. The summed E-state index contributed by atoms with van der Waals surface area (Å²) in [6.07, 6.45) is 1.55. The number of aliphatic imine (C=N–C) groups is 1. The number of halogens is 1. The first kappa shape index (κ1) is 24.5. The fourth-order valence-corrected chi connectivity index (χ4v) is 3.49. The van der Waals surface area contributed by atoms with Crippen LogP contribution in [-0.2, 0) is 4.79 Å². The minimum Gasteiger partial charge on any atom is -0.370 e. The highest BCUT2D eigenvalue weighted by Gasteiger charge is 2.25. The van der Waals surface area contributed by atoms with Gasteiger partial charge < -0.3 is 20.4 Å². The van der Waals surface area contributed by atoms with Gasteiger partial charge in [0.25, 0.3) is 0 Å². The van der Waals surface area contributed by atoms with E-state index in [2.05, 4.69) is 60.6 Å². The van der Waals surface area contributed by atoms with Gasteiger partial charge in [0.2, 0.25) is 5.91 Å². The van der Waals surface area contributed by atoms with E-state index in [1.165, 1.54) is 11.3 Å². The average molecular weight is 501 g/mol. The average Bonchev–Trinajstić information content (AvgIpc) is 3.14. The monoisotopic (exact) mass is 501 g/mol. The lowest BCUT2D eigenvalue weighted by Gasteiger charge is -2.24. The first-order valence-corrected chi connectivity index (χ1v) is 10.2. The van der Waals surface area contributed by atoms with Gasteiger partial charge in [0.05, 0.1) is 6.54 Å². The number of amides is 1. The van der Waals surface area contributed by atoms with Crippen molar-refractivity contribution in [2.45, 2.75) is 46.6 Å². The van der Waals surface area contributed by atoms with Gasteiger partial charge in [-0.3, -0.25) is 9.79 Å². The van der Waals surface area contributed by atoms with Crippen LogP contribution in [0.3, 0.4) is 0 Å². The minimum atomic E-state index is 0. The molecule has 28 heavy (non-hydrogen) atoms. The lowest BCUT2D eigenvalue weighted by molar-refractivity contribution is -0.129. The number of hydrogen-bond acceptors (Lipinski definition) is 3. The largest absolute Gasteiger partial charge is 0.370 e. The van der Waals surface area contributed by atoms with E-state index in [0.717, 1.165) is 51.6 Å². The maximum Gasteiger partial charge on any atom is 0.222 e. The predicted octanol–water partition coefficient (Wildman–Crippen LogP) is 3.01. The quantitative estimate of drug-likeness (QED) is 0.327. The van der Waals surface area contributed by atoms with Gasteiger partial charge in [-0.2, -0.15) is 0 Å². The molecule has 1 heterocycles. The number of nitrogens with one attached hydrogen (secondary N) is 2. The Bertz CT molecular complexity index is 637. The summed E-state index contributed by atoms with van der Waals surface area (Å²) in [5.41, 5.74) is 2.57. The molecule has 1 unspecified atom stereocenters. The van der Waals surface area contributed by atoms with E-state index in [4.69, 9.17) is 4.99 Å². The number of likely N-dealkylation sites (tertiary alicyclic amines) is 1. The lowest BCUT2D eigenvalue weighted by atomic mass is 10.2. The van der Waals surface area contributed by atoms with Crippen LogP contribution in [0.5, 0.6) is 0 Å². The van der Waals surface area contributed by atoms with E-state index < -0.39 is 0 Å². The van der Waals surface area contributed by atoms with E-state index in [1.54, 1.807) is 0 Å². The van der Waals surface area contributed by atoms with Crippen molar-refractivity contribution < 1.29 is 4.79 Å². The summed E-state index contributed by atoms with van der Waals surface area (Å²) in [6, 6.07) is 8.76. The van der Waals surface area contributed by atoms with Gasteiger partial charge in [-0.05, 0) is 38.8 Å². The van der Waals surface area contributed by atoms with Crippen LogP contribution < -0.4 is 15.5 Å². The number of anilines is 1. The number of likely N-dealkylation sites (N-methyl/N-ethyl adjacent to an activating group) is 1. The van der Waals surface area contributed by atoms with Gasteiger partial charge in [0.1, 0.15) is 0 Å². The van der Waals surface area contributed by atoms with Crippen LogP contribution in [0.25, 0.3) is 0 Å². The summed E-state index contributed by atoms with van der Waals surface area (Å²) in [5, 5.41) is 6.82. The molecule has 0 spiro atoms. The van der Waals surface area contributed by atoms with Gasteiger partial charge in [0.15, 0.2) is 5.96 Å². The molecule has 158 valence electrons. The molecule has 1 aromatic carbocycles. The lowest BCUT2D eigenvalue weighted by Crippen LogP contribution is -2.45. The summed E-state index contributed by atoms with van der Waals surface area (Å²) in [6.45, 7) is 13.3. The third-order valence-corrected chi connectivity index (χ3v) is 5.01. The predicted molar refractivity (Wildman–Crippen MR) is 129 cm³/mol. The first-order chi connectivity index (χ1) is 13.1. The van der Waals surface area contributed by atoms with Crippen LogP contribution in [0, 0.1) is 6.92 Å². The molecule has 0 bridgehead atoms. The molecule has 1 saturated heterocycles. The number of carbonyl (C=O) groups excluding carboxylic acids is 1. The van der Waals surface area contributed by atoms with E-state index in [9.17, 15) is 4.79 Å². The second kappa shape index (κ2) is 12.9. The van der Waals surface area contributed by atoms with Gasteiger partial charge in [-0.1, -0.05) is 25.1 Å². The molecule has 0 aromatic heterocycles. The molecule has 7 heteroatoms. The highest BCUT2D eigenvalue weighted by Crippen LogP contribution is 2.18. The van der Waals surface area contributed by atoms with Gasteiger partial charge in [-0.15, -0.1) is 24.0 Å². The summed E-state index contributed by atoms with van der Waals surface area (Å²) in [5.74, 6) is 1.08. The molecule has 1 aliphatic rings. The molecule has 0 radical (unpaired) electrons. The molecule has 2 N–H and O–H groups in total. The number of hydrogen-bond donors (Lipinski definition) is 2. The molecule has 2 rings (SSSR count). The minimum absolute atomic E-state index is 0. The molecule has 1 aromatic rings. The molecule has 1 amide bonds. The molecule has 0 aliphatic carbocycles. The second-order valence-electron chi connectivity index (χ2n) is 6.95. The van der Waals surface area contributed by atoms with Crippen molar-refractivity contribution in [3.8, 4) is 0 Å². The number of aryl methyl sites for hydroxylation is 1. The van der Waals surface area contributed by atoms with Crippen molar-refractivity contribution in [2.24, 2.45) is 4.99 Å². The number of guanidine groups is 1. The Morgan fingerprint density at radius 3 is 2.68 bits per heavy atom. The van der Waals surface area contributed by atoms with Crippen molar-refractivity contribution in [3.63, 3.8) is 0 Å². The van der Waals surface area contributed by atoms with E-state index in [1.807, 2.05) is 11.8 Å². The molecular weight excluding hydrogens is 465 g/mol. The molecule has 0 saturated carbocycles. The molecule has 1 aliphatic heterocycles. The highest BCUT2D eigenvalue weighted by molar-refractivity contribution is 14.0. The van der Waals surface area contributed by atoms with Crippen LogP contribution in [-0.4, -0.2) is 62.1 Å². The number of rotatable bonds is 8.